The fourth-order valence-electron chi connectivity index (χ4n) is 1.40. The van der Waals surface area contributed by atoms with Crippen molar-refractivity contribution < 1.29 is 9.53 Å². The minimum atomic E-state index is 0.463. The lowest BCUT2D eigenvalue weighted by Crippen LogP contribution is -2.03. The summed E-state index contributed by atoms with van der Waals surface area (Å²) in [7, 11) is 0. The highest BCUT2D eigenvalue weighted by Crippen LogP contribution is 2.25. The highest BCUT2D eigenvalue weighted by molar-refractivity contribution is 5.43. The van der Waals surface area contributed by atoms with Gasteiger partial charge in [0.05, 0.1) is 0 Å². The van der Waals surface area contributed by atoms with Gasteiger partial charge in [-0.2, -0.15) is 0 Å². The van der Waals surface area contributed by atoms with Crippen LogP contribution in [0.4, 0.5) is 0 Å². The van der Waals surface area contributed by atoms with Gasteiger partial charge in [-0.1, -0.05) is 19.9 Å². The molecule has 2 nitrogen and oxygen atoms in total. The van der Waals surface area contributed by atoms with Gasteiger partial charge < -0.3 is 4.74 Å². The van der Waals surface area contributed by atoms with Gasteiger partial charge in [-0.3, -0.25) is 4.79 Å². The zero-order valence-electron chi connectivity index (χ0n) is 7.54. The molecular formula is C10H14O2. The van der Waals surface area contributed by atoms with Crippen LogP contribution in [0, 0.1) is 5.92 Å². The predicted octanol–water partition coefficient (Wildman–Crippen LogP) is 2.42. The van der Waals surface area contributed by atoms with Gasteiger partial charge in [-0.25, -0.2) is 0 Å². The second kappa shape index (κ2) is 4.10. The Morgan fingerprint density at radius 2 is 2.33 bits per heavy atom. The number of carbonyl (C=O) groups excluding carboxylic acids is 1. The maximum Gasteiger partial charge on any atom is 0.298 e. The Bertz CT molecular complexity index is 224. The van der Waals surface area contributed by atoms with Gasteiger partial charge in [-0.05, 0) is 30.4 Å². The Morgan fingerprint density at radius 3 is 2.92 bits per heavy atom. The fourth-order valence-corrected chi connectivity index (χ4v) is 1.40. The van der Waals surface area contributed by atoms with Crippen LogP contribution in [0.2, 0.25) is 0 Å². The molecule has 66 valence electrons. The lowest BCUT2D eigenvalue weighted by atomic mass is 9.94. The Balaban J connectivity index is 2.83. The van der Waals surface area contributed by atoms with Gasteiger partial charge in [0.2, 0.25) is 0 Å². The largest absolute Gasteiger partial charge is 0.429 e. The van der Waals surface area contributed by atoms with Crippen molar-refractivity contribution in [2.24, 2.45) is 5.92 Å². The number of allylic oxidation sites excluding steroid dienone is 3. The first kappa shape index (κ1) is 9.04. The van der Waals surface area contributed by atoms with Crippen molar-refractivity contribution in [3.8, 4) is 0 Å². The quantitative estimate of drug-likeness (QED) is 0.602. The van der Waals surface area contributed by atoms with Gasteiger partial charge in [0.1, 0.15) is 5.76 Å². The molecule has 0 radical (unpaired) electrons. The van der Waals surface area contributed by atoms with Gasteiger partial charge in [0, 0.05) is 0 Å². The summed E-state index contributed by atoms with van der Waals surface area (Å²) < 4.78 is 4.87. The van der Waals surface area contributed by atoms with Crippen LogP contribution in [0.25, 0.3) is 0 Å². The van der Waals surface area contributed by atoms with E-state index in [0.717, 1.165) is 18.6 Å². The Morgan fingerprint density at radius 1 is 1.58 bits per heavy atom. The molecule has 2 heteroatoms. The summed E-state index contributed by atoms with van der Waals surface area (Å²) in [6, 6.07) is 0. The zero-order valence-corrected chi connectivity index (χ0v) is 7.54. The van der Waals surface area contributed by atoms with Crippen LogP contribution in [0.3, 0.4) is 0 Å². The van der Waals surface area contributed by atoms with Crippen LogP contribution >= 0.6 is 0 Å². The summed E-state index contributed by atoms with van der Waals surface area (Å²) in [5.74, 6) is 1.20. The zero-order chi connectivity index (χ0) is 8.97. The first-order valence-corrected chi connectivity index (χ1v) is 4.25. The van der Waals surface area contributed by atoms with Gasteiger partial charge >= 0.3 is 0 Å². The van der Waals surface area contributed by atoms with E-state index in [1.165, 1.54) is 5.57 Å². The Labute approximate surface area is 72.9 Å². The number of hydrogen-bond acceptors (Lipinski definition) is 2. The molecule has 1 aliphatic rings. The van der Waals surface area contributed by atoms with E-state index < -0.39 is 0 Å². The summed E-state index contributed by atoms with van der Waals surface area (Å²) in [6.07, 6.45) is 5.98. The molecule has 0 aromatic carbocycles. The maximum absolute atomic E-state index is 10.2. The molecule has 0 unspecified atom stereocenters. The molecule has 0 heterocycles. The Kier molecular flexibility index (Phi) is 3.09. The molecule has 1 rings (SSSR count). The SMILES string of the molecule is CC(C)C1=C(OC=O)C=CCC1. The number of ether oxygens (including phenoxy) is 1. The number of carbonyl (C=O) groups is 1. The smallest absolute Gasteiger partial charge is 0.298 e. The molecule has 0 spiro atoms. The van der Waals surface area contributed by atoms with E-state index in [2.05, 4.69) is 13.8 Å². The van der Waals surface area contributed by atoms with Crippen LogP contribution in [0.1, 0.15) is 26.7 Å². The normalized spacial score (nSPS) is 16.9. The summed E-state index contributed by atoms with van der Waals surface area (Å²) in [6.45, 7) is 4.72. The first-order chi connectivity index (χ1) is 5.75. The van der Waals surface area contributed by atoms with Crippen molar-refractivity contribution in [3.05, 3.63) is 23.5 Å². The maximum atomic E-state index is 10.2. The van der Waals surface area contributed by atoms with Crippen LogP contribution in [0.5, 0.6) is 0 Å². The molecule has 1 aliphatic carbocycles. The summed E-state index contributed by atoms with van der Waals surface area (Å²) in [5, 5.41) is 0. The molecule has 0 bridgehead atoms. The first-order valence-electron chi connectivity index (χ1n) is 4.25. The van der Waals surface area contributed by atoms with Crippen molar-refractivity contribution in [2.75, 3.05) is 0 Å². The third kappa shape index (κ3) is 1.97. The third-order valence-corrected chi connectivity index (χ3v) is 2.04. The van der Waals surface area contributed by atoms with Gasteiger partial charge in [-0.15, -0.1) is 0 Å². The summed E-state index contributed by atoms with van der Waals surface area (Å²) in [5.41, 5.74) is 1.24. The number of hydrogen-bond donors (Lipinski definition) is 0. The summed E-state index contributed by atoms with van der Waals surface area (Å²) in [4.78, 5) is 10.2. The molecule has 0 saturated heterocycles. The molecule has 0 N–H and O–H groups in total. The third-order valence-electron chi connectivity index (χ3n) is 2.04. The lowest BCUT2D eigenvalue weighted by molar-refractivity contribution is -0.124. The minimum Gasteiger partial charge on any atom is -0.429 e. The lowest BCUT2D eigenvalue weighted by Gasteiger charge is -2.16. The van der Waals surface area contributed by atoms with E-state index in [1.807, 2.05) is 12.2 Å². The van der Waals surface area contributed by atoms with Crippen molar-refractivity contribution in [3.63, 3.8) is 0 Å². The molecule has 0 atom stereocenters. The van der Waals surface area contributed by atoms with E-state index >= 15 is 0 Å². The van der Waals surface area contributed by atoms with Crippen LogP contribution in [-0.2, 0) is 9.53 Å². The molecule has 12 heavy (non-hydrogen) atoms. The topological polar surface area (TPSA) is 26.3 Å². The van der Waals surface area contributed by atoms with E-state index in [1.54, 1.807) is 0 Å². The van der Waals surface area contributed by atoms with Crippen molar-refractivity contribution in [1.82, 2.24) is 0 Å². The minimum absolute atomic E-state index is 0.463. The van der Waals surface area contributed by atoms with E-state index in [4.69, 9.17) is 4.74 Å². The fraction of sp³-hybridized carbons (Fsp3) is 0.500. The molecular weight excluding hydrogens is 152 g/mol. The monoisotopic (exact) mass is 166 g/mol. The molecule has 0 fully saturated rings. The van der Waals surface area contributed by atoms with Crippen LogP contribution < -0.4 is 0 Å². The van der Waals surface area contributed by atoms with E-state index in [0.29, 0.717) is 12.4 Å². The van der Waals surface area contributed by atoms with Crippen LogP contribution in [-0.4, -0.2) is 6.47 Å². The van der Waals surface area contributed by atoms with E-state index in [-0.39, 0.29) is 0 Å². The average molecular weight is 166 g/mol. The van der Waals surface area contributed by atoms with Gasteiger partial charge in [0.15, 0.2) is 0 Å². The van der Waals surface area contributed by atoms with Crippen molar-refractivity contribution >= 4 is 6.47 Å². The Hall–Kier alpha value is -1.05. The van der Waals surface area contributed by atoms with Crippen LogP contribution in [0.15, 0.2) is 23.5 Å². The summed E-state index contributed by atoms with van der Waals surface area (Å²) >= 11 is 0. The highest BCUT2D eigenvalue weighted by Gasteiger charge is 2.12. The molecule has 0 aromatic heterocycles. The predicted molar refractivity (Wildman–Crippen MR) is 47.4 cm³/mol. The van der Waals surface area contributed by atoms with Crippen molar-refractivity contribution in [2.45, 2.75) is 26.7 Å². The molecule has 0 aliphatic heterocycles. The van der Waals surface area contributed by atoms with Crippen molar-refractivity contribution in [1.29, 1.82) is 0 Å². The average Bonchev–Trinajstić information content (AvgIpc) is 2.05. The second-order valence-corrected chi connectivity index (χ2v) is 3.20. The molecule has 0 saturated carbocycles. The highest BCUT2D eigenvalue weighted by atomic mass is 16.5. The molecule has 0 amide bonds. The van der Waals surface area contributed by atoms with E-state index in [9.17, 15) is 4.79 Å². The molecule has 0 aromatic rings. The number of rotatable bonds is 3. The standard InChI is InChI=1S/C10H14O2/c1-8(2)9-5-3-4-6-10(9)12-7-11/h4,6-8H,3,5H2,1-2H3. The van der Waals surface area contributed by atoms with Gasteiger partial charge in [0.25, 0.3) is 6.47 Å². The second-order valence-electron chi connectivity index (χ2n) is 3.20.